The van der Waals surface area contributed by atoms with Crippen LogP contribution in [0.25, 0.3) is 0 Å². The van der Waals surface area contributed by atoms with E-state index < -0.39 is 0 Å². The Morgan fingerprint density at radius 1 is 1.22 bits per heavy atom. The van der Waals surface area contributed by atoms with Gasteiger partial charge in [0.2, 0.25) is 0 Å². The van der Waals surface area contributed by atoms with E-state index >= 15 is 0 Å². The Bertz CT molecular complexity index is 682. The van der Waals surface area contributed by atoms with Gasteiger partial charge in [0.1, 0.15) is 5.82 Å². The molecule has 2 aromatic rings. The van der Waals surface area contributed by atoms with Crippen molar-refractivity contribution in [2.75, 3.05) is 16.8 Å². The molecule has 5 heteroatoms. The van der Waals surface area contributed by atoms with Crippen LogP contribution >= 0.6 is 0 Å². The maximum absolute atomic E-state index is 11.7. The minimum Gasteiger partial charge on any atom is -0.336 e. The molecule has 0 fully saturated rings. The number of carbonyl (C=O) groups excluding carboxylic acids is 1. The molecule has 2 amide bonds. The SMILES string of the molecule is CC(C)NC(=O)Nc1ccc(N2CCCc3ccccc32)nc1. The highest BCUT2D eigenvalue weighted by Crippen LogP contribution is 2.32. The third kappa shape index (κ3) is 3.62. The van der Waals surface area contributed by atoms with Gasteiger partial charge in [0, 0.05) is 18.3 Å². The minimum absolute atomic E-state index is 0.104. The van der Waals surface area contributed by atoms with Gasteiger partial charge in [-0.3, -0.25) is 0 Å². The zero-order valence-electron chi connectivity index (χ0n) is 13.5. The van der Waals surface area contributed by atoms with Crippen LogP contribution in [0, 0.1) is 0 Å². The number of anilines is 3. The van der Waals surface area contributed by atoms with Gasteiger partial charge in [0.25, 0.3) is 0 Å². The molecule has 0 saturated heterocycles. The lowest BCUT2D eigenvalue weighted by Crippen LogP contribution is -2.34. The van der Waals surface area contributed by atoms with Gasteiger partial charge in [-0.05, 0) is 50.5 Å². The Kier molecular flexibility index (Phi) is 4.46. The van der Waals surface area contributed by atoms with Crippen molar-refractivity contribution >= 4 is 23.2 Å². The number of carbonyl (C=O) groups is 1. The van der Waals surface area contributed by atoms with Gasteiger partial charge in [0.15, 0.2) is 0 Å². The van der Waals surface area contributed by atoms with Crippen molar-refractivity contribution in [1.82, 2.24) is 10.3 Å². The standard InChI is InChI=1S/C18H22N4O/c1-13(2)20-18(23)21-15-9-10-17(19-12-15)22-11-5-7-14-6-3-4-8-16(14)22/h3-4,6,8-10,12-13H,5,7,11H2,1-2H3,(H2,20,21,23). The van der Waals surface area contributed by atoms with Crippen LogP contribution in [0.15, 0.2) is 42.6 Å². The average molecular weight is 310 g/mol. The van der Waals surface area contributed by atoms with Crippen molar-refractivity contribution in [2.45, 2.75) is 32.7 Å². The van der Waals surface area contributed by atoms with Crippen molar-refractivity contribution in [3.05, 3.63) is 48.2 Å². The maximum atomic E-state index is 11.7. The smallest absolute Gasteiger partial charge is 0.319 e. The van der Waals surface area contributed by atoms with E-state index in [0.29, 0.717) is 5.69 Å². The number of aryl methyl sites for hydroxylation is 1. The quantitative estimate of drug-likeness (QED) is 0.909. The first-order chi connectivity index (χ1) is 11.1. The molecular formula is C18H22N4O. The number of urea groups is 1. The number of benzene rings is 1. The Balaban J connectivity index is 1.74. The molecule has 0 spiro atoms. The number of nitrogens with one attached hydrogen (secondary N) is 2. The molecule has 2 N–H and O–H groups in total. The molecule has 0 saturated carbocycles. The molecule has 0 bridgehead atoms. The topological polar surface area (TPSA) is 57.3 Å². The molecule has 5 nitrogen and oxygen atoms in total. The van der Waals surface area contributed by atoms with Crippen LogP contribution in [0.1, 0.15) is 25.8 Å². The number of pyridine rings is 1. The first-order valence-electron chi connectivity index (χ1n) is 8.02. The summed E-state index contributed by atoms with van der Waals surface area (Å²) in [4.78, 5) is 18.5. The molecular weight excluding hydrogens is 288 g/mol. The van der Waals surface area contributed by atoms with Crippen LogP contribution in [0.4, 0.5) is 22.0 Å². The minimum atomic E-state index is -0.210. The Morgan fingerprint density at radius 2 is 2.04 bits per heavy atom. The molecule has 0 radical (unpaired) electrons. The number of fused-ring (bicyclic) bond motifs is 1. The summed E-state index contributed by atoms with van der Waals surface area (Å²) in [6, 6.07) is 12.2. The highest BCUT2D eigenvalue weighted by molar-refractivity contribution is 5.89. The van der Waals surface area contributed by atoms with Gasteiger partial charge >= 0.3 is 6.03 Å². The van der Waals surface area contributed by atoms with Crippen LogP contribution in [0.2, 0.25) is 0 Å². The summed E-state index contributed by atoms with van der Waals surface area (Å²) in [5.74, 6) is 0.909. The van der Waals surface area contributed by atoms with E-state index in [2.05, 4.69) is 44.8 Å². The second-order valence-corrected chi connectivity index (χ2v) is 6.04. The Morgan fingerprint density at radius 3 is 2.78 bits per heavy atom. The van der Waals surface area contributed by atoms with E-state index in [-0.39, 0.29) is 12.1 Å². The summed E-state index contributed by atoms with van der Waals surface area (Å²) in [6.45, 7) is 4.81. The molecule has 120 valence electrons. The third-order valence-corrected chi connectivity index (χ3v) is 3.81. The first kappa shape index (κ1) is 15.3. The summed E-state index contributed by atoms with van der Waals surface area (Å²) in [6.07, 6.45) is 3.93. The van der Waals surface area contributed by atoms with Gasteiger partial charge < -0.3 is 15.5 Å². The van der Waals surface area contributed by atoms with E-state index in [1.165, 1.54) is 11.3 Å². The van der Waals surface area contributed by atoms with E-state index in [1.54, 1.807) is 6.20 Å². The lowest BCUT2D eigenvalue weighted by Gasteiger charge is -2.30. The van der Waals surface area contributed by atoms with E-state index in [9.17, 15) is 4.79 Å². The van der Waals surface area contributed by atoms with Gasteiger partial charge in [-0.2, -0.15) is 0 Å². The highest BCUT2D eigenvalue weighted by Gasteiger charge is 2.18. The molecule has 23 heavy (non-hydrogen) atoms. The first-order valence-corrected chi connectivity index (χ1v) is 8.02. The summed E-state index contributed by atoms with van der Waals surface area (Å²) in [5, 5.41) is 5.59. The normalized spacial score (nSPS) is 13.6. The van der Waals surface area contributed by atoms with Gasteiger partial charge in [-0.15, -0.1) is 0 Å². The number of para-hydroxylation sites is 1. The number of amides is 2. The maximum Gasteiger partial charge on any atom is 0.319 e. The number of aromatic nitrogens is 1. The summed E-state index contributed by atoms with van der Waals surface area (Å²) < 4.78 is 0. The molecule has 2 heterocycles. The molecule has 3 rings (SSSR count). The lowest BCUT2D eigenvalue weighted by molar-refractivity contribution is 0.250. The van der Waals surface area contributed by atoms with Crippen molar-refractivity contribution in [3.8, 4) is 0 Å². The average Bonchev–Trinajstić information content (AvgIpc) is 2.54. The van der Waals surface area contributed by atoms with E-state index in [1.807, 2.05) is 26.0 Å². The fourth-order valence-corrected chi connectivity index (χ4v) is 2.82. The third-order valence-electron chi connectivity index (χ3n) is 3.81. The predicted molar refractivity (Wildman–Crippen MR) is 93.3 cm³/mol. The fourth-order valence-electron chi connectivity index (χ4n) is 2.82. The lowest BCUT2D eigenvalue weighted by atomic mass is 10.0. The zero-order valence-corrected chi connectivity index (χ0v) is 13.5. The number of hydrogen-bond donors (Lipinski definition) is 2. The second-order valence-electron chi connectivity index (χ2n) is 6.04. The van der Waals surface area contributed by atoms with E-state index in [4.69, 9.17) is 0 Å². The Hall–Kier alpha value is -2.56. The molecule has 0 atom stereocenters. The van der Waals surface area contributed by atoms with Crippen molar-refractivity contribution in [1.29, 1.82) is 0 Å². The predicted octanol–water partition coefficient (Wildman–Crippen LogP) is 3.70. The molecule has 1 aromatic heterocycles. The summed E-state index contributed by atoms with van der Waals surface area (Å²) in [7, 11) is 0. The Labute approximate surface area is 136 Å². The van der Waals surface area contributed by atoms with Crippen LogP contribution in [0.3, 0.4) is 0 Å². The molecule has 0 aliphatic carbocycles. The number of rotatable bonds is 3. The van der Waals surface area contributed by atoms with Crippen molar-refractivity contribution in [2.24, 2.45) is 0 Å². The monoisotopic (exact) mass is 310 g/mol. The molecule has 1 aromatic carbocycles. The number of nitrogens with zero attached hydrogens (tertiary/aromatic N) is 2. The fraction of sp³-hybridized carbons (Fsp3) is 0.333. The molecule has 1 aliphatic rings. The van der Waals surface area contributed by atoms with Gasteiger partial charge in [-0.25, -0.2) is 9.78 Å². The summed E-state index contributed by atoms with van der Waals surface area (Å²) in [5.41, 5.74) is 3.28. The van der Waals surface area contributed by atoms with Crippen LogP contribution in [-0.2, 0) is 6.42 Å². The van der Waals surface area contributed by atoms with Crippen LogP contribution in [0.5, 0.6) is 0 Å². The second kappa shape index (κ2) is 6.69. The van der Waals surface area contributed by atoms with Crippen LogP contribution in [-0.4, -0.2) is 23.6 Å². The van der Waals surface area contributed by atoms with Gasteiger partial charge in [0.05, 0.1) is 11.9 Å². The van der Waals surface area contributed by atoms with Crippen molar-refractivity contribution < 1.29 is 4.79 Å². The summed E-state index contributed by atoms with van der Waals surface area (Å²) >= 11 is 0. The molecule has 0 unspecified atom stereocenters. The number of hydrogen-bond acceptors (Lipinski definition) is 3. The molecule has 1 aliphatic heterocycles. The largest absolute Gasteiger partial charge is 0.336 e. The van der Waals surface area contributed by atoms with Gasteiger partial charge in [-0.1, -0.05) is 18.2 Å². The van der Waals surface area contributed by atoms with Crippen LogP contribution < -0.4 is 15.5 Å². The van der Waals surface area contributed by atoms with E-state index in [0.717, 1.165) is 25.2 Å². The zero-order chi connectivity index (χ0) is 16.2. The van der Waals surface area contributed by atoms with Crippen molar-refractivity contribution in [3.63, 3.8) is 0 Å². The highest BCUT2D eigenvalue weighted by atomic mass is 16.2.